The molecule has 0 radical (unpaired) electrons. The number of nitrogens with zero attached hydrogens (tertiary/aromatic N) is 4. The number of rotatable bonds is 2. The molecule has 3 aromatic rings. The third-order valence-electron chi connectivity index (χ3n) is 5.58. The van der Waals surface area contributed by atoms with Gasteiger partial charge in [0.1, 0.15) is 18.3 Å². The number of piperidine rings is 1. The Labute approximate surface area is 161 Å². The molecular weight excluding hydrogens is 360 g/mol. The highest BCUT2D eigenvalue weighted by Crippen LogP contribution is 2.44. The van der Waals surface area contributed by atoms with Gasteiger partial charge < -0.3 is 9.64 Å². The van der Waals surface area contributed by atoms with Gasteiger partial charge in [-0.15, -0.1) is 21.5 Å². The molecular formula is C20H20N4O2S. The van der Waals surface area contributed by atoms with E-state index in [1.807, 2.05) is 29.2 Å². The van der Waals surface area contributed by atoms with Crippen LogP contribution in [0.3, 0.4) is 0 Å². The molecule has 1 amide bonds. The number of thiophene rings is 1. The molecule has 2 aliphatic heterocycles. The van der Waals surface area contributed by atoms with Crippen LogP contribution in [-0.4, -0.2) is 45.3 Å². The Morgan fingerprint density at radius 3 is 2.78 bits per heavy atom. The van der Waals surface area contributed by atoms with E-state index in [1.165, 1.54) is 10.4 Å². The van der Waals surface area contributed by atoms with E-state index in [1.54, 1.807) is 28.6 Å². The molecule has 2 aromatic heterocycles. The smallest absolute Gasteiger partial charge is 0.253 e. The summed E-state index contributed by atoms with van der Waals surface area (Å²) >= 11 is 1.79. The molecule has 6 nitrogen and oxygen atoms in total. The van der Waals surface area contributed by atoms with Crippen molar-refractivity contribution in [2.24, 2.45) is 0 Å². The number of amides is 1. The predicted molar refractivity (Wildman–Crippen MR) is 102 cm³/mol. The SMILES string of the molecule is O=C(c1cccc(-n2cnnc2)c1)N1CCC2(CC1)OCCc1ccsc12. The molecule has 0 aliphatic carbocycles. The summed E-state index contributed by atoms with van der Waals surface area (Å²) in [6.07, 6.45) is 5.98. The van der Waals surface area contributed by atoms with Crippen LogP contribution in [0.5, 0.6) is 0 Å². The van der Waals surface area contributed by atoms with E-state index in [9.17, 15) is 4.79 Å². The first-order valence-electron chi connectivity index (χ1n) is 9.20. The molecule has 1 fully saturated rings. The monoisotopic (exact) mass is 380 g/mol. The van der Waals surface area contributed by atoms with Gasteiger partial charge in [-0.05, 0) is 54.5 Å². The van der Waals surface area contributed by atoms with E-state index in [0.29, 0.717) is 18.7 Å². The number of hydrogen-bond acceptors (Lipinski definition) is 5. The van der Waals surface area contributed by atoms with Crippen LogP contribution in [0.25, 0.3) is 5.69 Å². The fraction of sp³-hybridized carbons (Fsp3) is 0.350. The van der Waals surface area contributed by atoms with Gasteiger partial charge in [0.2, 0.25) is 0 Å². The van der Waals surface area contributed by atoms with Gasteiger partial charge in [0.25, 0.3) is 5.91 Å². The Balaban J connectivity index is 1.33. The number of likely N-dealkylation sites (tertiary alicyclic amines) is 1. The van der Waals surface area contributed by atoms with E-state index >= 15 is 0 Å². The van der Waals surface area contributed by atoms with Gasteiger partial charge in [-0.1, -0.05) is 6.07 Å². The van der Waals surface area contributed by atoms with E-state index in [0.717, 1.165) is 31.6 Å². The van der Waals surface area contributed by atoms with Crippen LogP contribution in [-0.2, 0) is 16.8 Å². The molecule has 27 heavy (non-hydrogen) atoms. The number of hydrogen-bond donors (Lipinski definition) is 0. The number of aromatic nitrogens is 3. The summed E-state index contributed by atoms with van der Waals surface area (Å²) in [5.74, 6) is 0.0713. The minimum absolute atomic E-state index is 0.0713. The van der Waals surface area contributed by atoms with Crippen molar-refractivity contribution in [2.45, 2.75) is 24.9 Å². The molecule has 0 N–H and O–H groups in total. The molecule has 5 rings (SSSR count). The summed E-state index contributed by atoms with van der Waals surface area (Å²) < 4.78 is 8.05. The lowest BCUT2D eigenvalue weighted by Gasteiger charge is -2.43. The van der Waals surface area contributed by atoms with Gasteiger partial charge in [0.05, 0.1) is 6.61 Å². The van der Waals surface area contributed by atoms with Crippen molar-refractivity contribution < 1.29 is 9.53 Å². The normalized spacial score (nSPS) is 18.4. The minimum atomic E-state index is -0.192. The van der Waals surface area contributed by atoms with Crippen LogP contribution >= 0.6 is 11.3 Å². The fourth-order valence-corrected chi connectivity index (χ4v) is 5.28. The molecule has 138 valence electrons. The molecule has 4 heterocycles. The number of carbonyl (C=O) groups is 1. The van der Waals surface area contributed by atoms with Crippen molar-refractivity contribution in [2.75, 3.05) is 19.7 Å². The van der Waals surface area contributed by atoms with Crippen LogP contribution in [0, 0.1) is 0 Å². The van der Waals surface area contributed by atoms with E-state index < -0.39 is 0 Å². The fourth-order valence-electron chi connectivity index (χ4n) is 4.11. The van der Waals surface area contributed by atoms with Gasteiger partial charge >= 0.3 is 0 Å². The molecule has 0 bridgehead atoms. The highest BCUT2D eigenvalue weighted by molar-refractivity contribution is 7.10. The molecule has 1 spiro atoms. The Bertz CT molecular complexity index is 958. The second kappa shape index (κ2) is 6.58. The lowest BCUT2D eigenvalue weighted by molar-refractivity contribution is -0.0906. The van der Waals surface area contributed by atoms with Gasteiger partial charge in [0, 0.05) is 29.2 Å². The maximum absolute atomic E-state index is 13.0. The second-order valence-electron chi connectivity index (χ2n) is 7.08. The predicted octanol–water partition coefficient (Wildman–Crippen LogP) is 3.03. The molecule has 0 saturated carbocycles. The van der Waals surface area contributed by atoms with Crippen LogP contribution in [0.1, 0.15) is 33.6 Å². The van der Waals surface area contributed by atoms with Crippen molar-refractivity contribution in [1.82, 2.24) is 19.7 Å². The van der Waals surface area contributed by atoms with E-state index in [2.05, 4.69) is 21.6 Å². The van der Waals surface area contributed by atoms with Crippen LogP contribution in [0.15, 0.2) is 48.4 Å². The number of benzene rings is 1. The summed E-state index contributed by atoms with van der Waals surface area (Å²) in [4.78, 5) is 16.4. The van der Waals surface area contributed by atoms with Crippen LogP contribution < -0.4 is 0 Å². The van der Waals surface area contributed by atoms with Crippen molar-refractivity contribution >= 4 is 17.2 Å². The Morgan fingerprint density at radius 1 is 1.15 bits per heavy atom. The first kappa shape index (κ1) is 16.6. The zero-order valence-corrected chi connectivity index (χ0v) is 15.7. The zero-order chi connectivity index (χ0) is 18.3. The van der Waals surface area contributed by atoms with Gasteiger partial charge in [0.15, 0.2) is 0 Å². The molecule has 0 unspecified atom stereocenters. The highest BCUT2D eigenvalue weighted by Gasteiger charge is 2.42. The van der Waals surface area contributed by atoms with Crippen LogP contribution in [0.2, 0.25) is 0 Å². The Morgan fingerprint density at radius 2 is 1.96 bits per heavy atom. The largest absolute Gasteiger partial charge is 0.369 e. The van der Waals surface area contributed by atoms with Crippen molar-refractivity contribution in [3.8, 4) is 5.69 Å². The molecule has 1 aromatic carbocycles. The van der Waals surface area contributed by atoms with Crippen molar-refractivity contribution in [1.29, 1.82) is 0 Å². The topological polar surface area (TPSA) is 60.2 Å². The molecule has 7 heteroatoms. The number of ether oxygens (including phenoxy) is 1. The van der Waals surface area contributed by atoms with Crippen molar-refractivity contribution in [3.63, 3.8) is 0 Å². The molecule has 2 aliphatic rings. The average molecular weight is 380 g/mol. The number of fused-ring (bicyclic) bond motifs is 2. The molecule has 1 saturated heterocycles. The zero-order valence-electron chi connectivity index (χ0n) is 14.9. The van der Waals surface area contributed by atoms with Gasteiger partial charge in [-0.2, -0.15) is 0 Å². The molecule has 0 atom stereocenters. The lowest BCUT2D eigenvalue weighted by atomic mass is 9.85. The summed E-state index contributed by atoms with van der Waals surface area (Å²) in [7, 11) is 0. The summed E-state index contributed by atoms with van der Waals surface area (Å²) in [5, 5.41) is 9.82. The first-order chi connectivity index (χ1) is 13.3. The quantitative estimate of drug-likeness (QED) is 0.686. The third-order valence-corrected chi connectivity index (χ3v) is 6.72. The second-order valence-corrected chi connectivity index (χ2v) is 8.00. The Hall–Kier alpha value is -2.51. The van der Waals surface area contributed by atoms with Crippen molar-refractivity contribution in [3.05, 3.63) is 64.4 Å². The maximum atomic E-state index is 13.0. The summed E-state index contributed by atoms with van der Waals surface area (Å²) in [5.41, 5.74) is 2.81. The van der Waals surface area contributed by atoms with Gasteiger partial charge in [-0.25, -0.2) is 0 Å². The number of carbonyl (C=O) groups excluding carboxylic acids is 1. The Kier molecular flexibility index (Phi) is 4.06. The van der Waals surface area contributed by atoms with Crippen LogP contribution in [0.4, 0.5) is 0 Å². The summed E-state index contributed by atoms with van der Waals surface area (Å²) in [6, 6.07) is 9.83. The first-order valence-corrected chi connectivity index (χ1v) is 10.1. The standard InChI is InChI=1S/C20H20N4O2S/c25-19(16-2-1-3-17(12-16)24-13-21-22-14-24)23-8-6-20(7-9-23)18-15(4-10-26-20)5-11-27-18/h1-3,5,11-14H,4,6-10H2. The average Bonchev–Trinajstić information content (AvgIpc) is 3.41. The lowest BCUT2D eigenvalue weighted by Crippen LogP contribution is -2.47. The van der Waals surface area contributed by atoms with E-state index in [-0.39, 0.29) is 11.5 Å². The third kappa shape index (κ3) is 2.87. The highest BCUT2D eigenvalue weighted by atomic mass is 32.1. The minimum Gasteiger partial charge on any atom is -0.369 e. The summed E-state index contributed by atoms with van der Waals surface area (Å²) in [6.45, 7) is 2.21. The van der Waals surface area contributed by atoms with E-state index in [4.69, 9.17) is 4.74 Å². The van der Waals surface area contributed by atoms with Gasteiger partial charge in [-0.3, -0.25) is 9.36 Å². The maximum Gasteiger partial charge on any atom is 0.253 e.